The Morgan fingerprint density at radius 2 is 2.28 bits per heavy atom. The fraction of sp³-hybridized carbons (Fsp3) is 0.250. The van der Waals surface area contributed by atoms with Crippen LogP contribution in [0, 0.1) is 5.82 Å². The van der Waals surface area contributed by atoms with Crippen molar-refractivity contribution in [1.82, 2.24) is 20.1 Å². The molecular formula is C16H16FN5OS2. The first-order valence-corrected chi connectivity index (χ1v) is 9.55. The van der Waals surface area contributed by atoms with E-state index in [0.717, 1.165) is 12.3 Å². The predicted molar refractivity (Wildman–Crippen MR) is 99.2 cm³/mol. The van der Waals surface area contributed by atoms with Crippen molar-refractivity contribution in [2.24, 2.45) is 4.99 Å². The van der Waals surface area contributed by atoms with E-state index in [4.69, 9.17) is 0 Å². The Labute approximate surface area is 153 Å². The number of halogens is 1. The van der Waals surface area contributed by atoms with Crippen LogP contribution in [0.2, 0.25) is 0 Å². The lowest BCUT2D eigenvalue weighted by atomic mass is 10.2. The molecule has 0 saturated carbocycles. The van der Waals surface area contributed by atoms with Crippen molar-refractivity contribution in [3.8, 4) is 11.4 Å². The molecule has 0 aliphatic carbocycles. The van der Waals surface area contributed by atoms with Crippen LogP contribution in [-0.2, 0) is 11.3 Å². The summed E-state index contributed by atoms with van der Waals surface area (Å²) in [4.78, 5) is 16.2. The maximum absolute atomic E-state index is 14.1. The van der Waals surface area contributed by atoms with Crippen LogP contribution in [0.1, 0.15) is 0 Å². The summed E-state index contributed by atoms with van der Waals surface area (Å²) >= 11 is 2.77. The van der Waals surface area contributed by atoms with Gasteiger partial charge in [-0.05, 0) is 12.1 Å². The van der Waals surface area contributed by atoms with E-state index >= 15 is 0 Å². The van der Waals surface area contributed by atoms with Gasteiger partial charge in [-0.3, -0.25) is 14.4 Å². The molecule has 0 bridgehead atoms. The highest BCUT2D eigenvalue weighted by molar-refractivity contribution is 8.14. The van der Waals surface area contributed by atoms with Gasteiger partial charge in [0.1, 0.15) is 5.82 Å². The van der Waals surface area contributed by atoms with Gasteiger partial charge in [0.2, 0.25) is 5.91 Å². The van der Waals surface area contributed by atoms with Crippen LogP contribution in [0.15, 0.2) is 47.1 Å². The third kappa shape index (κ3) is 4.29. The predicted octanol–water partition coefficient (Wildman–Crippen LogP) is 2.58. The van der Waals surface area contributed by atoms with Crippen molar-refractivity contribution in [3.63, 3.8) is 0 Å². The van der Waals surface area contributed by atoms with Crippen molar-refractivity contribution in [2.75, 3.05) is 18.1 Å². The number of allylic oxidation sites excluding steroid dienone is 1. The molecule has 2 heterocycles. The molecule has 0 spiro atoms. The lowest BCUT2D eigenvalue weighted by Gasteiger charge is -2.08. The van der Waals surface area contributed by atoms with Crippen LogP contribution in [0.5, 0.6) is 0 Å². The maximum atomic E-state index is 14.1. The lowest BCUT2D eigenvalue weighted by molar-refractivity contribution is -0.117. The average molecular weight is 377 g/mol. The zero-order chi connectivity index (χ0) is 17.6. The maximum Gasteiger partial charge on any atom is 0.236 e. The van der Waals surface area contributed by atoms with Crippen molar-refractivity contribution >= 4 is 34.6 Å². The monoisotopic (exact) mass is 377 g/mol. The molecule has 1 aromatic heterocycles. The number of nitrogens with one attached hydrogen (secondary N) is 1. The molecule has 1 aromatic carbocycles. The number of rotatable bonds is 6. The first kappa shape index (κ1) is 17.7. The molecular weight excluding hydrogens is 361 g/mol. The molecule has 1 N–H and O–H groups in total. The number of aromatic nitrogens is 3. The second kappa shape index (κ2) is 8.30. The number of benzene rings is 1. The van der Waals surface area contributed by atoms with Crippen molar-refractivity contribution < 1.29 is 9.18 Å². The molecule has 3 rings (SSSR count). The molecule has 0 radical (unpaired) electrons. The zero-order valence-corrected chi connectivity index (χ0v) is 14.9. The molecule has 130 valence electrons. The fourth-order valence-electron chi connectivity index (χ4n) is 2.23. The van der Waals surface area contributed by atoms with Crippen LogP contribution < -0.4 is 5.32 Å². The topological polar surface area (TPSA) is 72.2 Å². The van der Waals surface area contributed by atoms with E-state index in [9.17, 15) is 9.18 Å². The van der Waals surface area contributed by atoms with Gasteiger partial charge in [0.05, 0.1) is 17.9 Å². The van der Waals surface area contributed by atoms with Gasteiger partial charge in [-0.15, -0.1) is 16.8 Å². The smallest absolute Gasteiger partial charge is 0.236 e. The van der Waals surface area contributed by atoms with E-state index in [1.54, 1.807) is 28.8 Å². The zero-order valence-electron chi connectivity index (χ0n) is 13.3. The van der Waals surface area contributed by atoms with Gasteiger partial charge in [-0.1, -0.05) is 41.7 Å². The van der Waals surface area contributed by atoms with Gasteiger partial charge in [0, 0.05) is 12.3 Å². The van der Waals surface area contributed by atoms with E-state index in [1.807, 2.05) is 0 Å². The normalized spacial score (nSPS) is 13.6. The summed E-state index contributed by atoms with van der Waals surface area (Å²) in [5.41, 5.74) is 0.366. The van der Waals surface area contributed by atoms with Crippen molar-refractivity contribution in [1.29, 1.82) is 0 Å². The van der Waals surface area contributed by atoms with Crippen molar-refractivity contribution in [3.05, 3.63) is 42.7 Å². The molecule has 25 heavy (non-hydrogen) atoms. The molecule has 0 fully saturated rings. The molecule has 6 nitrogen and oxygen atoms in total. The highest BCUT2D eigenvalue weighted by Gasteiger charge is 2.18. The SMILES string of the molecule is C=CCn1c(SCC(=O)NC2=NCCS2)nnc1-c1ccccc1F. The minimum absolute atomic E-state index is 0.154. The molecule has 1 aliphatic heterocycles. The third-order valence-corrected chi connectivity index (χ3v) is 5.17. The Bertz CT molecular complexity index is 821. The quantitative estimate of drug-likeness (QED) is 0.619. The van der Waals surface area contributed by atoms with Gasteiger partial charge in [-0.25, -0.2) is 4.39 Å². The van der Waals surface area contributed by atoms with Crippen LogP contribution >= 0.6 is 23.5 Å². The second-order valence-corrected chi connectivity index (χ2v) is 7.08. The largest absolute Gasteiger partial charge is 0.305 e. The summed E-state index contributed by atoms with van der Waals surface area (Å²) in [6.45, 7) is 4.87. The van der Waals surface area contributed by atoms with Gasteiger partial charge in [-0.2, -0.15) is 0 Å². The Kier molecular flexibility index (Phi) is 5.87. The van der Waals surface area contributed by atoms with E-state index in [-0.39, 0.29) is 17.5 Å². The molecule has 2 aromatic rings. The molecule has 1 amide bonds. The highest BCUT2D eigenvalue weighted by Crippen LogP contribution is 2.26. The van der Waals surface area contributed by atoms with Gasteiger partial charge < -0.3 is 5.32 Å². The second-order valence-electron chi connectivity index (χ2n) is 5.06. The number of amidine groups is 1. The number of nitrogens with zero attached hydrogens (tertiary/aromatic N) is 4. The van der Waals surface area contributed by atoms with Crippen LogP contribution in [0.3, 0.4) is 0 Å². The first-order valence-electron chi connectivity index (χ1n) is 7.58. The number of hydrogen-bond acceptors (Lipinski definition) is 6. The Morgan fingerprint density at radius 3 is 3.00 bits per heavy atom. The van der Waals surface area contributed by atoms with Gasteiger partial charge >= 0.3 is 0 Å². The highest BCUT2D eigenvalue weighted by atomic mass is 32.2. The summed E-state index contributed by atoms with van der Waals surface area (Å²) in [5, 5.41) is 12.2. The summed E-state index contributed by atoms with van der Waals surface area (Å²) in [6, 6.07) is 6.39. The number of carbonyl (C=O) groups excluding carboxylic acids is 1. The van der Waals surface area contributed by atoms with E-state index in [1.165, 1.54) is 29.6 Å². The standard InChI is InChI=1S/C16H16FN5OS2/c1-2-8-22-14(11-5-3-4-6-12(11)17)20-21-16(22)25-10-13(23)19-15-18-7-9-24-15/h2-6H,1,7-10H2,(H,18,19,23). The van der Waals surface area contributed by atoms with Crippen molar-refractivity contribution in [2.45, 2.75) is 11.7 Å². The van der Waals surface area contributed by atoms with E-state index in [2.05, 4.69) is 27.1 Å². The Hall–Kier alpha value is -2.13. The minimum Gasteiger partial charge on any atom is -0.305 e. The first-order chi connectivity index (χ1) is 12.2. The van der Waals surface area contributed by atoms with Crippen LogP contribution in [0.25, 0.3) is 11.4 Å². The number of amides is 1. The number of hydrogen-bond donors (Lipinski definition) is 1. The molecule has 0 saturated heterocycles. The summed E-state index contributed by atoms with van der Waals surface area (Å²) in [7, 11) is 0. The number of thioether (sulfide) groups is 2. The van der Waals surface area contributed by atoms with Crippen LogP contribution in [0.4, 0.5) is 4.39 Å². The Morgan fingerprint density at radius 1 is 1.44 bits per heavy atom. The lowest BCUT2D eigenvalue weighted by Crippen LogP contribution is -2.29. The summed E-state index contributed by atoms with van der Waals surface area (Å²) in [6.07, 6.45) is 1.68. The third-order valence-electron chi connectivity index (χ3n) is 3.31. The molecule has 0 atom stereocenters. The number of aliphatic imine (C=N–C) groups is 1. The number of carbonyl (C=O) groups is 1. The molecule has 1 aliphatic rings. The summed E-state index contributed by atoms with van der Waals surface area (Å²) in [5.74, 6) is 0.954. The summed E-state index contributed by atoms with van der Waals surface area (Å²) < 4.78 is 15.8. The fourth-order valence-corrected chi connectivity index (χ4v) is 3.72. The molecule has 0 unspecified atom stereocenters. The molecule has 9 heteroatoms. The minimum atomic E-state index is -0.370. The Balaban J connectivity index is 1.74. The average Bonchev–Trinajstić information content (AvgIpc) is 3.24. The van der Waals surface area contributed by atoms with E-state index < -0.39 is 0 Å². The van der Waals surface area contributed by atoms with E-state index in [0.29, 0.717) is 28.3 Å². The van der Waals surface area contributed by atoms with Crippen LogP contribution in [-0.4, -0.2) is 43.9 Å². The van der Waals surface area contributed by atoms with Gasteiger partial charge in [0.25, 0.3) is 0 Å². The van der Waals surface area contributed by atoms with Gasteiger partial charge in [0.15, 0.2) is 16.1 Å².